The number of allylic oxidation sites excluding steroid dienone is 1. The van der Waals surface area contributed by atoms with Crippen molar-refractivity contribution in [3.05, 3.63) is 89.1 Å². The molecule has 188 valence electrons. The Morgan fingerprint density at radius 1 is 1.00 bits per heavy atom. The Hall–Kier alpha value is -3.74. The molecular weight excluding hydrogens is 450 g/mol. The fourth-order valence-electron chi connectivity index (χ4n) is 4.42. The van der Waals surface area contributed by atoms with Crippen molar-refractivity contribution < 1.29 is 9.53 Å². The van der Waals surface area contributed by atoms with E-state index in [0.29, 0.717) is 44.1 Å². The van der Waals surface area contributed by atoms with E-state index in [0.717, 1.165) is 35.7 Å². The molecule has 4 rings (SSSR count). The molecule has 1 aliphatic heterocycles. The first-order valence-electron chi connectivity index (χ1n) is 12.6. The second-order valence-electron chi connectivity index (χ2n) is 9.34. The van der Waals surface area contributed by atoms with E-state index in [-0.39, 0.29) is 11.8 Å². The SMILES string of the molecule is C=C1CC(Cc2nc(CCc3ccc(C)cc3)nc(NCc3ccc(OC)cc3)n2)C(=O)N1CCC. The van der Waals surface area contributed by atoms with Crippen LogP contribution in [0.15, 0.2) is 60.8 Å². The highest BCUT2D eigenvalue weighted by Gasteiger charge is 2.34. The Morgan fingerprint density at radius 2 is 1.69 bits per heavy atom. The van der Waals surface area contributed by atoms with Crippen LogP contribution in [-0.4, -0.2) is 39.4 Å². The van der Waals surface area contributed by atoms with Crippen LogP contribution in [0.1, 0.15) is 48.1 Å². The third-order valence-electron chi connectivity index (χ3n) is 6.45. The topological polar surface area (TPSA) is 80.2 Å². The Morgan fingerprint density at radius 3 is 2.39 bits per heavy atom. The molecule has 0 radical (unpaired) electrons. The fourth-order valence-corrected chi connectivity index (χ4v) is 4.42. The first kappa shape index (κ1) is 25.4. The van der Waals surface area contributed by atoms with Crippen LogP contribution in [0.25, 0.3) is 0 Å². The maximum absolute atomic E-state index is 12.9. The summed E-state index contributed by atoms with van der Waals surface area (Å²) in [5, 5.41) is 3.34. The van der Waals surface area contributed by atoms with Gasteiger partial charge in [-0.3, -0.25) is 4.79 Å². The number of carbonyl (C=O) groups is 1. The Labute approximate surface area is 213 Å². The van der Waals surface area contributed by atoms with Crippen LogP contribution in [0.2, 0.25) is 0 Å². The van der Waals surface area contributed by atoms with Crippen LogP contribution in [0, 0.1) is 12.8 Å². The van der Waals surface area contributed by atoms with Gasteiger partial charge < -0.3 is 15.0 Å². The van der Waals surface area contributed by atoms with Crippen molar-refractivity contribution in [3.8, 4) is 5.75 Å². The largest absolute Gasteiger partial charge is 0.497 e. The molecule has 7 nitrogen and oxygen atoms in total. The number of hydrogen-bond donors (Lipinski definition) is 1. The maximum Gasteiger partial charge on any atom is 0.230 e. The van der Waals surface area contributed by atoms with Crippen LogP contribution >= 0.6 is 0 Å². The van der Waals surface area contributed by atoms with Crippen molar-refractivity contribution >= 4 is 11.9 Å². The first-order valence-corrected chi connectivity index (χ1v) is 12.6. The summed E-state index contributed by atoms with van der Waals surface area (Å²) in [5.74, 6) is 2.67. The number of carbonyl (C=O) groups excluding carboxylic acids is 1. The summed E-state index contributed by atoms with van der Waals surface area (Å²) in [5.41, 5.74) is 4.47. The second kappa shape index (κ2) is 11.8. The Bertz CT molecular complexity index is 1190. The van der Waals surface area contributed by atoms with Gasteiger partial charge in [0, 0.05) is 31.6 Å². The third-order valence-corrected chi connectivity index (χ3v) is 6.45. The number of aromatic nitrogens is 3. The zero-order chi connectivity index (χ0) is 25.5. The van der Waals surface area contributed by atoms with Gasteiger partial charge in [-0.05, 0) is 49.4 Å². The van der Waals surface area contributed by atoms with E-state index in [9.17, 15) is 4.79 Å². The molecule has 1 aromatic heterocycles. The number of nitrogens with zero attached hydrogens (tertiary/aromatic N) is 4. The highest BCUT2D eigenvalue weighted by Crippen LogP contribution is 2.29. The van der Waals surface area contributed by atoms with Crippen molar-refractivity contribution in [3.63, 3.8) is 0 Å². The van der Waals surface area contributed by atoms with E-state index in [2.05, 4.69) is 55.0 Å². The molecule has 1 aliphatic rings. The Balaban J connectivity index is 1.51. The lowest BCUT2D eigenvalue weighted by Crippen LogP contribution is -2.28. The summed E-state index contributed by atoms with van der Waals surface area (Å²) < 4.78 is 5.25. The molecule has 0 spiro atoms. The van der Waals surface area contributed by atoms with Crippen molar-refractivity contribution in [1.82, 2.24) is 19.9 Å². The number of nitrogens with one attached hydrogen (secondary N) is 1. The quantitative estimate of drug-likeness (QED) is 0.416. The van der Waals surface area contributed by atoms with Crippen molar-refractivity contribution in [2.24, 2.45) is 5.92 Å². The highest BCUT2D eigenvalue weighted by atomic mass is 16.5. The molecule has 1 fully saturated rings. The fraction of sp³-hybridized carbons (Fsp3) is 0.379. The average molecular weight is 486 g/mol. The number of amides is 1. The first-order chi connectivity index (χ1) is 17.4. The maximum atomic E-state index is 12.9. The Kier molecular flexibility index (Phi) is 8.31. The number of methoxy groups -OCH3 is 1. The van der Waals surface area contributed by atoms with E-state index in [4.69, 9.17) is 14.7 Å². The summed E-state index contributed by atoms with van der Waals surface area (Å²) >= 11 is 0. The molecule has 1 saturated heterocycles. The van der Waals surface area contributed by atoms with Gasteiger partial charge in [0.2, 0.25) is 11.9 Å². The molecule has 0 saturated carbocycles. The molecular formula is C29H35N5O2. The van der Waals surface area contributed by atoms with Crippen LogP contribution in [0.3, 0.4) is 0 Å². The number of aryl methyl sites for hydroxylation is 3. The molecule has 1 N–H and O–H groups in total. The van der Waals surface area contributed by atoms with Crippen molar-refractivity contribution in [2.45, 2.75) is 52.5 Å². The van der Waals surface area contributed by atoms with Gasteiger partial charge in [0.1, 0.15) is 17.4 Å². The predicted molar refractivity (Wildman–Crippen MR) is 142 cm³/mol. The van der Waals surface area contributed by atoms with Crippen LogP contribution in [0.4, 0.5) is 5.95 Å². The molecule has 1 atom stereocenters. The van der Waals surface area contributed by atoms with Gasteiger partial charge in [-0.1, -0.05) is 55.5 Å². The normalized spacial score (nSPS) is 15.4. The van der Waals surface area contributed by atoms with Gasteiger partial charge in [0.05, 0.1) is 13.0 Å². The molecule has 36 heavy (non-hydrogen) atoms. The molecule has 1 unspecified atom stereocenters. The summed E-state index contributed by atoms with van der Waals surface area (Å²) in [6.07, 6.45) is 3.58. The molecule has 7 heteroatoms. The van der Waals surface area contributed by atoms with Crippen LogP contribution < -0.4 is 10.1 Å². The van der Waals surface area contributed by atoms with Gasteiger partial charge in [-0.15, -0.1) is 0 Å². The number of anilines is 1. The number of rotatable bonds is 11. The molecule has 0 bridgehead atoms. The predicted octanol–water partition coefficient (Wildman–Crippen LogP) is 4.90. The number of ether oxygens (including phenoxy) is 1. The second-order valence-corrected chi connectivity index (χ2v) is 9.34. The lowest BCUT2D eigenvalue weighted by atomic mass is 10.0. The zero-order valence-corrected chi connectivity index (χ0v) is 21.5. The van der Waals surface area contributed by atoms with E-state index in [1.165, 1.54) is 11.1 Å². The molecule has 1 amide bonds. The molecule has 2 heterocycles. The van der Waals surface area contributed by atoms with Gasteiger partial charge in [-0.2, -0.15) is 9.97 Å². The standard InChI is InChI=1S/C29H35N5O2/c1-5-16-34-21(3)17-24(28(34)35)18-27-31-26(15-12-22-8-6-20(2)7-9-22)32-29(33-27)30-19-23-10-13-25(36-4)14-11-23/h6-11,13-14,24H,3,5,12,15-19H2,1-2,4H3,(H,30,31,32,33). The highest BCUT2D eigenvalue weighted by molar-refractivity contribution is 5.84. The van der Waals surface area contributed by atoms with E-state index < -0.39 is 0 Å². The van der Waals surface area contributed by atoms with Gasteiger partial charge >= 0.3 is 0 Å². The average Bonchev–Trinajstić information content (AvgIpc) is 3.15. The summed E-state index contributed by atoms with van der Waals surface area (Å²) in [4.78, 5) is 28.9. The monoisotopic (exact) mass is 485 g/mol. The van der Waals surface area contributed by atoms with Gasteiger partial charge in [0.25, 0.3) is 0 Å². The van der Waals surface area contributed by atoms with E-state index in [1.807, 2.05) is 29.2 Å². The summed E-state index contributed by atoms with van der Waals surface area (Å²) in [6, 6.07) is 16.4. The minimum Gasteiger partial charge on any atom is -0.497 e. The zero-order valence-electron chi connectivity index (χ0n) is 21.5. The van der Waals surface area contributed by atoms with Gasteiger partial charge in [-0.25, -0.2) is 4.98 Å². The lowest BCUT2D eigenvalue weighted by Gasteiger charge is -2.16. The van der Waals surface area contributed by atoms with Crippen molar-refractivity contribution in [1.29, 1.82) is 0 Å². The van der Waals surface area contributed by atoms with Gasteiger partial charge in [0.15, 0.2) is 0 Å². The summed E-state index contributed by atoms with van der Waals surface area (Å²) in [7, 11) is 1.66. The number of benzene rings is 2. The third kappa shape index (κ3) is 6.47. The molecule has 3 aromatic rings. The smallest absolute Gasteiger partial charge is 0.230 e. The number of hydrogen-bond acceptors (Lipinski definition) is 6. The van der Waals surface area contributed by atoms with E-state index >= 15 is 0 Å². The van der Waals surface area contributed by atoms with Crippen LogP contribution in [0.5, 0.6) is 5.75 Å². The van der Waals surface area contributed by atoms with Crippen LogP contribution in [-0.2, 0) is 30.6 Å². The van der Waals surface area contributed by atoms with E-state index in [1.54, 1.807) is 7.11 Å². The summed E-state index contributed by atoms with van der Waals surface area (Å²) in [6.45, 7) is 9.55. The molecule has 2 aromatic carbocycles. The lowest BCUT2D eigenvalue weighted by molar-refractivity contribution is -0.130. The molecule has 0 aliphatic carbocycles. The minimum absolute atomic E-state index is 0.121. The van der Waals surface area contributed by atoms with Crippen molar-refractivity contribution in [2.75, 3.05) is 19.0 Å². The number of likely N-dealkylation sites (tertiary alicyclic amines) is 1. The minimum atomic E-state index is -0.175.